The zero-order valence-corrected chi connectivity index (χ0v) is 6.99. The molecule has 0 fully saturated rings. The summed E-state index contributed by atoms with van der Waals surface area (Å²) in [6, 6.07) is 3.89. The van der Waals surface area contributed by atoms with Gasteiger partial charge >= 0.3 is 0 Å². The van der Waals surface area contributed by atoms with Gasteiger partial charge in [0, 0.05) is 12.0 Å². The Balaban J connectivity index is 2.58. The number of halogens is 3. The lowest BCUT2D eigenvalue weighted by Gasteiger charge is -2.25. The highest BCUT2D eigenvalue weighted by molar-refractivity contribution is 5.34. The Morgan fingerprint density at radius 2 is 2.00 bits per heavy atom. The van der Waals surface area contributed by atoms with E-state index in [1.807, 2.05) is 0 Å². The molecule has 0 aliphatic heterocycles. The molecule has 0 saturated carbocycles. The summed E-state index contributed by atoms with van der Waals surface area (Å²) in [5.74, 6) is -3.34. The number of hydrogen-bond donors (Lipinski definition) is 0. The van der Waals surface area contributed by atoms with Crippen molar-refractivity contribution < 1.29 is 13.2 Å². The van der Waals surface area contributed by atoms with Crippen molar-refractivity contribution >= 4 is 0 Å². The number of rotatable bonds is 0. The van der Waals surface area contributed by atoms with Crippen molar-refractivity contribution in [3.8, 4) is 0 Å². The van der Waals surface area contributed by atoms with Crippen LogP contribution in [0.5, 0.6) is 0 Å². The minimum atomic E-state index is -2.84. The fourth-order valence-corrected chi connectivity index (χ4v) is 1.78. The van der Waals surface area contributed by atoms with E-state index in [0.29, 0.717) is 12.8 Å². The second-order valence-corrected chi connectivity index (χ2v) is 3.32. The summed E-state index contributed by atoms with van der Waals surface area (Å²) in [5.41, 5.74) is 0.0671. The third kappa shape index (κ3) is 1.32. The molecule has 0 aromatic heterocycles. The number of fused-ring (bicyclic) bond motifs is 1. The zero-order chi connectivity index (χ0) is 9.47. The molecule has 0 amide bonds. The molecule has 1 aliphatic rings. The van der Waals surface area contributed by atoms with Crippen molar-refractivity contribution in [2.24, 2.45) is 0 Å². The van der Waals surface area contributed by atoms with Crippen molar-refractivity contribution in [3.05, 3.63) is 35.1 Å². The largest absolute Gasteiger partial charge is 0.273 e. The van der Waals surface area contributed by atoms with Gasteiger partial charge in [0.2, 0.25) is 0 Å². The minimum Gasteiger partial charge on any atom is -0.207 e. The minimum absolute atomic E-state index is 0.126. The first-order chi connectivity index (χ1) is 6.11. The fraction of sp³-hybridized carbons (Fsp3) is 0.400. The van der Waals surface area contributed by atoms with Gasteiger partial charge in [0.1, 0.15) is 5.82 Å². The monoisotopic (exact) mass is 186 g/mol. The Morgan fingerprint density at radius 3 is 2.69 bits per heavy atom. The van der Waals surface area contributed by atoms with Crippen LogP contribution in [-0.2, 0) is 12.3 Å². The molecule has 0 N–H and O–H groups in total. The van der Waals surface area contributed by atoms with E-state index < -0.39 is 11.7 Å². The third-order valence-electron chi connectivity index (χ3n) is 2.43. The highest BCUT2D eigenvalue weighted by Gasteiger charge is 2.37. The molecule has 0 radical (unpaired) electrons. The van der Waals surface area contributed by atoms with E-state index in [2.05, 4.69) is 0 Å². The van der Waals surface area contributed by atoms with Crippen molar-refractivity contribution in [2.45, 2.75) is 25.2 Å². The molecule has 2 rings (SSSR count). The summed E-state index contributed by atoms with van der Waals surface area (Å²) in [4.78, 5) is 0. The summed E-state index contributed by atoms with van der Waals surface area (Å²) < 4.78 is 39.5. The van der Waals surface area contributed by atoms with E-state index in [1.54, 1.807) is 0 Å². The lowest BCUT2D eigenvalue weighted by Crippen LogP contribution is -2.21. The topological polar surface area (TPSA) is 0 Å². The maximum atomic E-state index is 13.2. The van der Waals surface area contributed by atoms with Gasteiger partial charge in [-0.25, -0.2) is 13.2 Å². The van der Waals surface area contributed by atoms with Crippen LogP contribution in [0.2, 0.25) is 0 Å². The highest BCUT2D eigenvalue weighted by atomic mass is 19.3. The fourth-order valence-electron chi connectivity index (χ4n) is 1.78. The third-order valence-corrected chi connectivity index (χ3v) is 2.43. The first kappa shape index (κ1) is 8.60. The smallest absolute Gasteiger partial charge is 0.207 e. The van der Waals surface area contributed by atoms with Gasteiger partial charge in [0.25, 0.3) is 5.92 Å². The van der Waals surface area contributed by atoms with Crippen molar-refractivity contribution in [1.82, 2.24) is 0 Å². The van der Waals surface area contributed by atoms with Gasteiger partial charge in [-0.15, -0.1) is 0 Å². The highest BCUT2D eigenvalue weighted by Crippen LogP contribution is 2.40. The SMILES string of the molecule is Fc1cccc2c1CCCC2(F)F. The maximum Gasteiger partial charge on any atom is 0.273 e. The van der Waals surface area contributed by atoms with Crippen LogP contribution >= 0.6 is 0 Å². The number of hydrogen-bond acceptors (Lipinski definition) is 0. The standard InChI is InChI=1S/C10H9F3/c11-9-5-1-4-8-7(9)3-2-6-10(8,12)13/h1,4-5H,2-3,6H2. The van der Waals surface area contributed by atoms with Crippen LogP contribution in [0.4, 0.5) is 13.2 Å². The first-order valence-electron chi connectivity index (χ1n) is 4.27. The first-order valence-corrected chi connectivity index (χ1v) is 4.27. The average molecular weight is 186 g/mol. The van der Waals surface area contributed by atoms with Crippen LogP contribution in [0.1, 0.15) is 24.0 Å². The second kappa shape index (κ2) is 2.76. The summed E-state index contributed by atoms with van der Waals surface area (Å²) in [5, 5.41) is 0. The van der Waals surface area contributed by atoms with Crippen LogP contribution in [0.15, 0.2) is 18.2 Å². The van der Waals surface area contributed by atoms with E-state index in [-0.39, 0.29) is 17.5 Å². The normalized spacial score (nSPS) is 19.6. The molecular weight excluding hydrogens is 177 g/mol. The van der Waals surface area contributed by atoms with Crippen molar-refractivity contribution in [3.63, 3.8) is 0 Å². The molecule has 1 aromatic rings. The van der Waals surface area contributed by atoms with Crippen LogP contribution in [0.3, 0.4) is 0 Å². The van der Waals surface area contributed by atoms with Gasteiger partial charge in [-0.3, -0.25) is 0 Å². The lowest BCUT2D eigenvalue weighted by molar-refractivity contribution is -0.0222. The predicted octanol–water partition coefficient (Wildman–Crippen LogP) is 3.25. The van der Waals surface area contributed by atoms with Gasteiger partial charge in [0.05, 0.1) is 0 Å². The lowest BCUT2D eigenvalue weighted by atomic mass is 9.88. The Morgan fingerprint density at radius 1 is 1.23 bits per heavy atom. The van der Waals surface area contributed by atoms with Gasteiger partial charge in [-0.2, -0.15) is 0 Å². The second-order valence-electron chi connectivity index (χ2n) is 3.32. The predicted molar refractivity (Wildman–Crippen MR) is 43.2 cm³/mol. The molecule has 1 aromatic carbocycles. The summed E-state index contributed by atoms with van der Waals surface area (Å²) in [7, 11) is 0. The van der Waals surface area contributed by atoms with E-state index in [0.717, 1.165) is 0 Å². The molecule has 0 atom stereocenters. The van der Waals surface area contributed by atoms with E-state index in [1.165, 1.54) is 18.2 Å². The molecule has 70 valence electrons. The zero-order valence-electron chi connectivity index (χ0n) is 6.99. The molecular formula is C10H9F3. The van der Waals surface area contributed by atoms with E-state index >= 15 is 0 Å². The molecule has 0 unspecified atom stereocenters. The quantitative estimate of drug-likeness (QED) is 0.583. The van der Waals surface area contributed by atoms with Gasteiger partial charge in [-0.05, 0) is 24.5 Å². The van der Waals surface area contributed by atoms with Gasteiger partial charge in [-0.1, -0.05) is 12.1 Å². The van der Waals surface area contributed by atoms with E-state index in [4.69, 9.17) is 0 Å². The summed E-state index contributed by atoms with van der Waals surface area (Å²) in [6.07, 6.45) is 0.627. The molecule has 1 aliphatic carbocycles. The molecule has 13 heavy (non-hydrogen) atoms. The Hall–Kier alpha value is -0.990. The summed E-state index contributed by atoms with van der Waals surface area (Å²) >= 11 is 0. The molecule has 0 spiro atoms. The Bertz CT molecular complexity index is 331. The molecule has 0 nitrogen and oxygen atoms in total. The van der Waals surface area contributed by atoms with E-state index in [9.17, 15) is 13.2 Å². The molecule has 0 bridgehead atoms. The van der Waals surface area contributed by atoms with Gasteiger partial charge in [0.15, 0.2) is 0 Å². The number of benzene rings is 1. The van der Waals surface area contributed by atoms with Crippen LogP contribution in [-0.4, -0.2) is 0 Å². The molecule has 0 heterocycles. The molecule has 0 saturated heterocycles. The van der Waals surface area contributed by atoms with Crippen LogP contribution in [0.25, 0.3) is 0 Å². The Labute approximate surface area is 74.4 Å². The van der Waals surface area contributed by atoms with Crippen molar-refractivity contribution in [2.75, 3.05) is 0 Å². The Kier molecular flexibility index (Phi) is 1.82. The van der Waals surface area contributed by atoms with Crippen LogP contribution < -0.4 is 0 Å². The van der Waals surface area contributed by atoms with Gasteiger partial charge < -0.3 is 0 Å². The molecule has 3 heteroatoms. The average Bonchev–Trinajstić information content (AvgIpc) is 2.06. The van der Waals surface area contributed by atoms with Crippen LogP contribution in [0, 0.1) is 5.82 Å². The number of alkyl halides is 2. The maximum absolute atomic E-state index is 13.2. The van der Waals surface area contributed by atoms with Crippen molar-refractivity contribution in [1.29, 1.82) is 0 Å². The summed E-state index contributed by atoms with van der Waals surface area (Å²) in [6.45, 7) is 0.